The molecule has 0 bridgehead atoms. The number of ether oxygens (including phenoxy) is 1. The number of aromatic nitrogens is 5. The Hall–Kier alpha value is -5.30. The maximum Gasteiger partial charge on any atom is 0.418 e. The molecule has 242 valence electrons. The first-order chi connectivity index (χ1) is 22.7. The van der Waals surface area contributed by atoms with Crippen LogP contribution in [0.25, 0.3) is 38.8 Å². The summed E-state index contributed by atoms with van der Waals surface area (Å²) in [6.07, 6.45) is 0.776. The Morgan fingerprint density at radius 2 is 1.66 bits per heavy atom. The van der Waals surface area contributed by atoms with E-state index in [0.717, 1.165) is 17.2 Å². The number of halogens is 3. The zero-order valence-electron chi connectivity index (χ0n) is 25.8. The van der Waals surface area contributed by atoms with Crippen LogP contribution in [0.2, 0.25) is 0 Å². The lowest BCUT2D eigenvalue weighted by molar-refractivity contribution is -0.137. The van der Waals surface area contributed by atoms with E-state index in [1.807, 2.05) is 53.4 Å². The van der Waals surface area contributed by atoms with Crippen molar-refractivity contribution >= 4 is 27.6 Å². The van der Waals surface area contributed by atoms with E-state index >= 15 is 0 Å². The number of alkyl halides is 3. The van der Waals surface area contributed by atoms with Gasteiger partial charge in [-0.2, -0.15) is 13.2 Å². The van der Waals surface area contributed by atoms with Crippen LogP contribution in [0.1, 0.15) is 5.56 Å². The SMILES string of the molecule is COc1ccc(-c2ccc3c(c2)c2c(c(=O)n3CCn3cccc3)n(C)c(=O)n2-c2ccc(N3CCNCC3)c(C(F)(F)F)c2)cn1. The number of benzene rings is 2. The molecule has 0 spiro atoms. The lowest BCUT2D eigenvalue weighted by Crippen LogP contribution is -2.44. The van der Waals surface area contributed by atoms with Crippen molar-refractivity contribution in [1.82, 2.24) is 28.6 Å². The fraction of sp³-hybridized carbons (Fsp3) is 0.265. The van der Waals surface area contributed by atoms with Gasteiger partial charge in [0.1, 0.15) is 5.52 Å². The van der Waals surface area contributed by atoms with Crippen LogP contribution < -0.4 is 26.2 Å². The minimum atomic E-state index is -4.67. The second-order valence-electron chi connectivity index (χ2n) is 11.5. The Morgan fingerprint density at radius 3 is 2.34 bits per heavy atom. The van der Waals surface area contributed by atoms with Crippen LogP contribution in [0.5, 0.6) is 5.88 Å². The van der Waals surface area contributed by atoms with Crippen molar-refractivity contribution < 1.29 is 17.9 Å². The van der Waals surface area contributed by atoms with Crippen molar-refractivity contribution in [3.8, 4) is 22.7 Å². The van der Waals surface area contributed by atoms with Gasteiger partial charge in [-0.25, -0.2) is 9.78 Å². The summed E-state index contributed by atoms with van der Waals surface area (Å²) in [7, 11) is 3.00. The summed E-state index contributed by atoms with van der Waals surface area (Å²) in [5.41, 5.74) is 0.597. The molecule has 0 unspecified atom stereocenters. The number of methoxy groups -OCH3 is 1. The average molecular weight is 644 g/mol. The molecule has 6 aromatic rings. The zero-order chi connectivity index (χ0) is 32.9. The number of aryl methyl sites for hydroxylation is 3. The molecule has 1 fully saturated rings. The highest BCUT2D eigenvalue weighted by Crippen LogP contribution is 2.39. The molecule has 1 aliphatic heterocycles. The van der Waals surface area contributed by atoms with Crippen molar-refractivity contribution in [3.05, 3.63) is 106 Å². The molecule has 0 amide bonds. The summed E-state index contributed by atoms with van der Waals surface area (Å²) in [5.74, 6) is 0.442. The highest BCUT2D eigenvalue weighted by atomic mass is 19.4. The standard InChI is InChI=1S/C34H32F3N7O3/c1-40-31-30(44(33(40)46)24-7-9-28(26(20-24)34(35,36)37)42-15-11-38-12-16-42)25-19-22(23-6-10-29(47-2)39-21-23)5-8-27(25)43(32(31)45)18-17-41-13-3-4-14-41/h3-10,13-14,19-21,38H,11-12,15-18H2,1-2H3. The lowest BCUT2D eigenvalue weighted by Gasteiger charge is -2.31. The third-order valence-corrected chi connectivity index (χ3v) is 8.78. The Balaban J connectivity index is 1.50. The number of rotatable bonds is 7. The largest absolute Gasteiger partial charge is 0.481 e. The second-order valence-corrected chi connectivity index (χ2v) is 11.5. The fourth-order valence-corrected chi connectivity index (χ4v) is 6.42. The normalized spacial score (nSPS) is 13.9. The smallest absolute Gasteiger partial charge is 0.418 e. The third-order valence-electron chi connectivity index (χ3n) is 8.78. The van der Waals surface area contributed by atoms with Crippen LogP contribution >= 0.6 is 0 Å². The van der Waals surface area contributed by atoms with E-state index in [1.165, 1.54) is 35.4 Å². The van der Waals surface area contributed by atoms with Crippen LogP contribution in [-0.2, 0) is 26.3 Å². The summed E-state index contributed by atoms with van der Waals surface area (Å²) in [6.45, 7) is 2.78. The molecule has 5 heterocycles. The van der Waals surface area contributed by atoms with Crippen LogP contribution in [0.15, 0.2) is 88.8 Å². The number of fused-ring (bicyclic) bond motifs is 3. The van der Waals surface area contributed by atoms with Gasteiger partial charge in [0.2, 0.25) is 5.88 Å². The minimum absolute atomic E-state index is 0.0223. The van der Waals surface area contributed by atoms with Gasteiger partial charge in [0, 0.05) is 87.6 Å². The van der Waals surface area contributed by atoms with Gasteiger partial charge in [-0.15, -0.1) is 0 Å². The predicted molar refractivity (Wildman–Crippen MR) is 175 cm³/mol. The Bertz CT molecular complexity index is 2210. The molecule has 1 aliphatic rings. The van der Waals surface area contributed by atoms with Crippen molar-refractivity contribution in [2.24, 2.45) is 7.05 Å². The van der Waals surface area contributed by atoms with Gasteiger partial charge in [0.25, 0.3) is 5.56 Å². The van der Waals surface area contributed by atoms with Gasteiger partial charge in [-0.05, 0) is 54.1 Å². The van der Waals surface area contributed by atoms with E-state index < -0.39 is 23.0 Å². The van der Waals surface area contributed by atoms with E-state index in [2.05, 4.69) is 10.3 Å². The predicted octanol–water partition coefficient (Wildman–Crippen LogP) is 4.64. The van der Waals surface area contributed by atoms with Gasteiger partial charge in [-0.3, -0.25) is 13.9 Å². The topological polar surface area (TPSA) is 91.2 Å². The molecule has 0 radical (unpaired) electrons. The van der Waals surface area contributed by atoms with Crippen molar-refractivity contribution in [2.45, 2.75) is 19.3 Å². The number of hydrogen-bond donors (Lipinski definition) is 1. The molecular weight excluding hydrogens is 611 g/mol. The number of nitrogens with one attached hydrogen (secondary N) is 1. The average Bonchev–Trinajstić information content (AvgIpc) is 3.70. The van der Waals surface area contributed by atoms with Crippen LogP contribution in [0, 0.1) is 0 Å². The Kier molecular flexibility index (Phi) is 7.63. The van der Waals surface area contributed by atoms with Crippen LogP contribution in [0.3, 0.4) is 0 Å². The first-order valence-electron chi connectivity index (χ1n) is 15.2. The van der Waals surface area contributed by atoms with Crippen molar-refractivity contribution in [3.63, 3.8) is 0 Å². The summed E-state index contributed by atoms with van der Waals surface area (Å²) in [5, 5.41) is 3.70. The van der Waals surface area contributed by atoms with Crippen molar-refractivity contribution in [2.75, 3.05) is 38.2 Å². The highest BCUT2D eigenvalue weighted by Gasteiger charge is 2.36. The van der Waals surface area contributed by atoms with Gasteiger partial charge in [0.05, 0.1) is 29.4 Å². The molecule has 2 aromatic carbocycles. The number of piperazine rings is 1. The van der Waals surface area contributed by atoms with Crippen LogP contribution in [-0.4, -0.2) is 56.5 Å². The van der Waals surface area contributed by atoms with E-state index in [4.69, 9.17) is 4.74 Å². The molecule has 7 rings (SSSR count). The molecule has 1 N–H and O–H groups in total. The highest BCUT2D eigenvalue weighted by molar-refractivity contribution is 6.05. The van der Waals surface area contributed by atoms with Crippen LogP contribution in [0.4, 0.5) is 18.9 Å². The number of anilines is 1. The summed E-state index contributed by atoms with van der Waals surface area (Å²) >= 11 is 0. The van der Waals surface area contributed by atoms with E-state index in [0.29, 0.717) is 56.1 Å². The van der Waals surface area contributed by atoms with E-state index in [9.17, 15) is 22.8 Å². The first-order valence-corrected chi connectivity index (χ1v) is 15.2. The number of imidazole rings is 1. The van der Waals surface area contributed by atoms with E-state index in [1.54, 1.807) is 21.7 Å². The molecule has 13 heteroatoms. The summed E-state index contributed by atoms with van der Waals surface area (Å²) in [6, 6.07) is 16.8. The lowest BCUT2D eigenvalue weighted by atomic mass is 10.0. The number of hydrogen-bond acceptors (Lipinski definition) is 6. The van der Waals surface area contributed by atoms with Gasteiger partial charge >= 0.3 is 11.9 Å². The monoisotopic (exact) mass is 643 g/mol. The molecular formula is C34H32F3N7O3. The summed E-state index contributed by atoms with van der Waals surface area (Å²) in [4.78, 5) is 34.2. The summed E-state index contributed by atoms with van der Waals surface area (Å²) < 4.78 is 55.0. The van der Waals surface area contributed by atoms with Gasteiger partial charge in [0.15, 0.2) is 0 Å². The van der Waals surface area contributed by atoms with Gasteiger partial charge < -0.3 is 24.1 Å². The maximum absolute atomic E-state index is 14.6. The minimum Gasteiger partial charge on any atom is -0.481 e. The molecule has 0 aliphatic carbocycles. The van der Waals surface area contributed by atoms with Crippen molar-refractivity contribution in [1.29, 1.82) is 0 Å². The maximum atomic E-state index is 14.6. The number of nitrogens with zero attached hydrogens (tertiary/aromatic N) is 6. The Labute approximate surface area is 266 Å². The fourth-order valence-electron chi connectivity index (χ4n) is 6.42. The first kappa shape index (κ1) is 30.4. The molecule has 1 saturated heterocycles. The zero-order valence-corrected chi connectivity index (χ0v) is 25.8. The molecule has 0 atom stereocenters. The number of pyridine rings is 2. The van der Waals surface area contributed by atoms with E-state index in [-0.39, 0.29) is 22.4 Å². The molecule has 10 nitrogen and oxygen atoms in total. The quantitative estimate of drug-likeness (QED) is 0.273. The second kappa shape index (κ2) is 11.8. The van der Waals surface area contributed by atoms with Gasteiger partial charge in [-0.1, -0.05) is 6.07 Å². The molecule has 47 heavy (non-hydrogen) atoms. The molecule has 4 aromatic heterocycles. The Morgan fingerprint density at radius 1 is 0.915 bits per heavy atom. The third kappa shape index (κ3) is 5.35. The molecule has 0 saturated carbocycles.